The number of benzene rings is 1. The van der Waals surface area contributed by atoms with Gasteiger partial charge < -0.3 is 0 Å². The molecule has 1 nitrogen and oxygen atoms in total. The minimum Gasteiger partial charge on any atom is -0.198 e. The van der Waals surface area contributed by atoms with E-state index in [1.54, 1.807) is 11.3 Å². The lowest BCUT2D eigenvalue weighted by molar-refractivity contribution is 1.32. The molecule has 1 aromatic carbocycles. The van der Waals surface area contributed by atoms with E-state index in [2.05, 4.69) is 38.1 Å². The van der Waals surface area contributed by atoms with Crippen molar-refractivity contribution < 1.29 is 0 Å². The summed E-state index contributed by atoms with van der Waals surface area (Å²) in [6, 6.07) is 8.71. The average molecular weight is 201 g/mol. The lowest BCUT2D eigenvalue weighted by atomic mass is 10.1. The second-order valence-corrected chi connectivity index (χ2v) is 4.69. The molecule has 0 spiro atoms. The van der Waals surface area contributed by atoms with E-state index in [-0.39, 0.29) is 0 Å². The Morgan fingerprint density at radius 3 is 2.64 bits per heavy atom. The van der Waals surface area contributed by atoms with Crippen molar-refractivity contribution in [2.24, 2.45) is 0 Å². The molecule has 0 aliphatic heterocycles. The number of hydrogen-bond acceptors (Lipinski definition) is 2. The molecule has 70 valence electrons. The van der Waals surface area contributed by atoms with Crippen LogP contribution in [0.5, 0.6) is 0 Å². The van der Waals surface area contributed by atoms with Crippen LogP contribution in [0, 0.1) is 25.2 Å². The van der Waals surface area contributed by atoms with Gasteiger partial charge in [0.05, 0.1) is 12.5 Å². The minimum absolute atomic E-state index is 0.525. The fourth-order valence-electron chi connectivity index (χ4n) is 1.52. The predicted molar refractivity (Wildman–Crippen MR) is 60.6 cm³/mol. The maximum atomic E-state index is 8.61. The van der Waals surface area contributed by atoms with Crippen LogP contribution < -0.4 is 0 Å². The Balaban J connectivity index is 2.61. The van der Waals surface area contributed by atoms with Crippen LogP contribution in [-0.4, -0.2) is 0 Å². The molecule has 0 atom stereocenters. The van der Waals surface area contributed by atoms with Gasteiger partial charge in [0.2, 0.25) is 0 Å². The van der Waals surface area contributed by atoms with E-state index in [1.807, 2.05) is 0 Å². The van der Waals surface area contributed by atoms with E-state index in [9.17, 15) is 0 Å². The van der Waals surface area contributed by atoms with Crippen LogP contribution in [0.25, 0.3) is 10.1 Å². The van der Waals surface area contributed by atoms with Crippen LogP contribution in [0.1, 0.15) is 16.0 Å². The monoisotopic (exact) mass is 201 g/mol. The lowest BCUT2D eigenvalue weighted by Crippen LogP contribution is -1.77. The van der Waals surface area contributed by atoms with Crippen molar-refractivity contribution in [3.8, 4) is 6.07 Å². The summed E-state index contributed by atoms with van der Waals surface area (Å²) in [6.45, 7) is 4.24. The van der Waals surface area contributed by atoms with E-state index >= 15 is 0 Å². The van der Waals surface area contributed by atoms with Gasteiger partial charge in [0.15, 0.2) is 0 Å². The van der Waals surface area contributed by atoms with Gasteiger partial charge in [0, 0.05) is 9.58 Å². The zero-order valence-corrected chi connectivity index (χ0v) is 9.11. The SMILES string of the molecule is Cc1cc2cc(CC#N)sc2cc1C. The van der Waals surface area contributed by atoms with Crippen LogP contribution in [0.3, 0.4) is 0 Å². The Hall–Kier alpha value is -1.33. The summed E-state index contributed by atoms with van der Waals surface area (Å²) >= 11 is 1.72. The normalized spacial score (nSPS) is 10.4. The molecule has 2 rings (SSSR count). The van der Waals surface area contributed by atoms with Gasteiger partial charge in [0.25, 0.3) is 0 Å². The van der Waals surface area contributed by atoms with Crippen LogP contribution in [0.15, 0.2) is 18.2 Å². The summed E-state index contributed by atoms with van der Waals surface area (Å²) in [4.78, 5) is 1.16. The molecule has 2 heteroatoms. The van der Waals surface area contributed by atoms with Crippen molar-refractivity contribution >= 4 is 21.4 Å². The zero-order chi connectivity index (χ0) is 10.1. The van der Waals surface area contributed by atoms with Crippen molar-refractivity contribution in [1.29, 1.82) is 5.26 Å². The molecule has 1 aromatic heterocycles. The predicted octanol–water partition coefficient (Wildman–Crippen LogP) is 3.58. The van der Waals surface area contributed by atoms with Gasteiger partial charge in [0.1, 0.15) is 0 Å². The lowest BCUT2D eigenvalue weighted by Gasteiger charge is -1.98. The number of hydrogen-bond donors (Lipinski definition) is 0. The van der Waals surface area contributed by atoms with Crippen molar-refractivity contribution in [2.75, 3.05) is 0 Å². The van der Waals surface area contributed by atoms with Gasteiger partial charge in [-0.1, -0.05) is 6.07 Å². The maximum Gasteiger partial charge on any atom is 0.0696 e. The Morgan fingerprint density at radius 1 is 1.21 bits per heavy atom. The molecular weight excluding hydrogens is 190 g/mol. The number of fused-ring (bicyclic) bond motifs is 1. The summed E-state index contributed by atoms with van der Waals surface area (Å²) in [5.41, 5.74) is 2.64. The van der Waals surface area contributed by atoms with Crippen LogP contribution in [0.4, 0.5) is 0 Å². The Morgan fingerprint density at radius 2 is 1.93 bits per heavy atom. The summed E-state index contributed by atoms with van der Waals surface area (Å²) in [6.07, 6.45) is 0.525. The summed E-state index contributed by atoms with van der Waals surface area (Å²) in [5.74, 6) is 0. The first-order chi connectivity index (χ1) is 6.70. The first kappa shape index (κ1) is 9.23. The largest absolute Gasteiger partial charge is 0.198 e. The van der Waals surface area contributed by atoms with Gasteiger partial charge in [-0.15, -0.1) is 11.3 Å². The minimum atomic E-state index is 0.525. The molecule has 0 aliphatic carbocycles. The molecular formula is C12H11NS. The molecule has 2 aromatic rings. The van der Waals surface area contributed by atoms with Gasteiger partial charge >= 0.3 is 0 Å². The van der Waals surface area contributed by atoms with Gasteiger partial charge in [-0.05, 0) is 42.5 Å². The number of nitrogens with zero attached hydrogens (tertiary/aromatic N) is 1. The first-order valence-electron chi connectivity index (χ1n) is 4.57. The van der Waals surface area contributed by atoms with Crippen LogP contribution >= 0.6 is 11.3 Å². The van der Waals surface area contributed by atoms with Gasteiger partial charge in [-0.2, -0.15) is 5.26 Å². The number of nitriles is 1. The maximum absolute atomic E-state index is 8.61. The summed E-state index contributed by atoms with van der Waals surface area (Å²) in [5, 5.41) is 9.88. The third-order valence-corrected chi connectivity index (χ3v) is 3.53. The highest BCUT2D eigenvalue weighted by Gasteiger charge is 2.03. The quantitative estimate of drug-likeness (QED) is 0.691. The molecule has 14 heavy (non-hydrogen) atoms. The molecule has 0 bridgehead atoms. The molecule has 1 heterocycles. The number of thiophene rings is 1. The van der Waals surface area contributed by atoms with Crippen molar-refractivity contribution in [1.82, 2.24) is 0 Å². The molecule has 0 saturated heterocycles. The third kappa shape index (κ3) is 1.51. The fraction of sp³-hybridized carbons (Fsp3) is 0.250. The average Bonchev–Trinajstić information content (AvgIpc) is 2.48. The molecule has 0 radical (unpaired) electrons. The molecule has 0 N–H and O–H groups in total. The highest BCUT2D eigenvalue weighted by Crippen LogP contribution is 2.28. The summed E-state index contributed by atoms with van der Waals surface area (Å²) in [7, 11) is 0. The Bertz CT molecular complexity index is 478. The number of aryl methyl sites for hydroxylation is 2. The molecule has 0 aliphatic rings. The molecule has 0 saturated carbocycles. The molecule has 0 fully saturated rings. The van der Waals surface area contributed by atoms with Gasteiger partial charge in [-0.25, -0.2) is 0 Å². The van der Waals surface area contributed by atoms with Crippen molar-refractivity contribution in [2.45, 2.75) is 20.3 Å². The van der Waals surface area contributed by atoms with Gasteiger partial charge in [-0.3, -0.25) is 0 Å². The smallest absolute Gasteiger partial charge is 0.0696 e. The highest BCUT2D eigenvalue weighted by molar-refractivity contribution is 7.19. The van der Waals surface area contributed by atoms with Crippen LogP contribution in [-0.2, 0) is 6.42 Å². The van der Waals surface area contributed by atoms with Crippen LogP contribution in [0.2, 0.25) is 0 Å². The van der Waals surface area contributed by atoms with E-state index < -0.39 is 0 Å². The van der Waals surface area contributed by atoms with E-state index in [0.717, 1.165) is 4.88 Å². The molecule has 0 unspecified atom stereocenters. The van der Waals surface area contributed by atoms with Crippen molar-refractivity contribution in [3.63, 3.8) is 0 Å². The second kappa shape index (κ2) is 3.43. The summed E-state index contributed by atoms with van der Waals surface area (Å²) < 4.78 is 1.29. The topological polar surface area (TPSA) is 23.8 Å². The van der Waals surface area contributed by atoms with E-state index in [1.165, 1.54) is 21.2 Å². The first-order valence-corrected chi connectivity index (χ1v) is 5.39. The third-order valence-electron chi connectivity index (χ3n) is 2.44. The standard InChI is InChI=1S/C12H11NS/c1-8-5-10-7-11(3-4-13)14-12(10)6-9(8)2/h5-7H,3H2,1-2H3. The number of rotatable bonds is 1. The second-order valence-electron chi connectivity index (χ2n) is 3.52. The van der Waals surface area contributed by atoms with E-state index in [0.29, 0.717) is 6.42 Å². The Kier molecular flexibility index (Phi) is 2.26. The van der Waals surface area contributed by atoms with E-state index in [4.69, 9.17) is 5.26 Å². The highest BCUT2D eigenvalue weighted by atomic mass is 32.1. The Labute approximate surface area is 87.6 Å². The zero-order valence-electron chi connectivity index (χ0n) is 8.29. The fourth-order valence-corrected chi connectivity index (χ4v) is 2.60. The van der Waals surface area contributed by atoms with Crippen molar-refractivity contribution in [3.05, 3.63) is 34.2 Å². The molecule has 0 amide bonds.